The van der Waals surface area contributed by atoms with Crippen molar-refractivity contribution in [3.05, 3.63) is 52.0 Å². The number of benzene rings is 2. The van der Waals surface area contributed by atoms with E-state index in [2.05, 4.69) is 5.32 Å². The third-order valence-electron chi connectivity index (χ3n) is 2.89. The summed E-state index contributed by atoms with van der Waals surface area (Å²) in [5.74, 6) is 0.768. The highest BCUT2D eigenvalue weighted by molar-refractivity contribution is 6.42. The highest BCUT2D eigenvalue weighted by atomic mass is 35.5. The molecular weight excluding hydrogens is 325 g/mol. The number of methoxy groups -OCH3 is 1. The molecule has 1 N–H and O–H groups in total. The Hall–Kier alpha value is -1.91. The number of amides is 1. The van der Waals surface area contributed by atoms with E-state index in [-0.39, 0.29) is 12.5 Å². The number of halogens is 2. The Bertz CT molecular complexity index is 689. The zero-order valence-electron chi connectivity index (χ0n) is 12.2. The number of ether oxygens (including phenoxy) is 2. The normalized spacial score (nSPS) is 10.2. The first-order valence-electron chi connectivity index (χ1n) is 6.52. The average Bonchev–Trinajstić information content (AvgIpc) is 2.49. The second kappa shape index (κ2) is 7.38. The molecule has 0 aliphatic heterocycles. The lowest BCUT2D eigenvalue weighted by Gasteiger charge is -2.12. The first-order valence-corrected chi connectivity index (χ1v) is 7.27. The van der Waals surface area contributed by atoms with Crippen molar-refractivity contribution in [3.63, 3.8) is 0 Å². The number of hydrogen-bond acceptors (Lipinski definition) is 3. The zero-order chi connectivity index (χ0) is 16.1. The first-order chi connectivity index (χ1) is 10.5. The lowest BCUT2D eigenvalue weighted by atomic mass is 10.2. The molecule has 0 atom stereocenters. The van der Waals surface area contributed by atoms with Gasteiger partial charge in [0.15, 0.2) is 6.61 Å². The van der Waals surface area contributed by atoms with Gasteiger partial charge in [0.25, 0.3) is 5.91 Å². The van der Waals surface area contributed by atoms with Crippen LogP contribution in [0.5, 0.6) is 11.5 Å². The maximum absolute atomic E-state index is 12.0. The number of aryl methyl sites for hydroxylation is 1. The summed E-state index contributed by atoms with van der Waals surface area (Å²) in [6.45, 7) is 1.79. The standard InChI is InChI=1S/C16H15Cl2NO3/c1-10-3-6-15(21-2)14(7-10)19-16(20)9-22-11-4-5-12(17)13(18)8-11/h3-8H,9H2,1-2H3,(H,19,20). The molecule has 0 bridgehead atoms. The van der Waals surface area contributed by atoms with Gasteiger partial charge in [-0.15, -0.1) is 0 Å². The van der Waals surface area contributed by atoms with Gasteiger partial charge in [-0.2, -0.15) is 0 Å². The van der Waals surface area contributed by atoms with Crippen LogP contribution in [0.15, 0.2) is 36.4 Å². The molecule has 116 valence electrons. The van der Waals surface area contributed by atoms with Crippen LogP contribution in [0, 0.1) is 6.92 Å². The van der Waals surface area contributed by atoms with Gasteiger partial charge in [0, 0.05) is 6.07 Å². The molecule has 22 heavy (non-hydrogen) atoms. The lowest BCUT2D eigenvalue weighted by Crippen LogP contribution is -2.20. The zero-order valence-corrected chi connectivity index (χ0v) is 13.7. The Morgan fingerprint density at radius 3 is 2.59 bits per heavy atom. The fraction of sp³-hybridized carbons (Fsp3) is 0.188. The summed E-state index contributed by atoms with van der Waals surface area (Å²) in [5, 5.41) is 3.56. The molecule has 0 radical (unpaired) electrons. The Morgan fingerprint density at radius 2 is 1.91 bits per heavy atom. The lowest BCUT2D eigenvalue weighted by molar-refractivity contribution is -0.118. The van der Waals surface area contributed by atoms with Crippen molar-refractivity contribution in [2.75, 3.05) is 19.0 Å². The Morgan fingerprint density at radius 1 is 1.14 bits per heavy atom. The predicted octanol–water partition coefficient (Wildman–Crippen LogP) is 4.33. The van der Waals surface area contributed by atoms with Crippen LogP contribution in [-0.4, -0.2) is 19.6 Å². The molecule has 0 spiro atoms. The molecule has 0 heterocycles. The van der Waals surface area contributed by atoms with Crippen molar-refractivity contribution in [1.82, 2.24) is 0 Å². The number of carbonyl (C=O) groups excluding carboxylic acids is 1. The van der Waals surface area contributed by atoms with E-state index < -0.39 is 0 Å². The SMILES string of the molecule is COc1ccc(C)cc1NC(=O)COc1ccc(Cl)c(Cl)c1. The summed E-state index contributed by atoms with van der Waals surface area (Å²) in [4.78, 5) is 12.0. The van der Waals surface area contributed by atoms with E-state index in [4.69, 9.17) is 32.7 Å². The number of carbonyl (C=O) groups is 1. The van der Waals surface area contributed by atoms with Crippen LogP contribution in [0.25, 0.3) is 0 Å². The molecule has 2 aromatic rings. The van der Waals surface area contributed by atoms with Gasteiger partial charge in [-0.05, 0) is 36.8 Å². The van der Waals surface area contributed by atoms with Crippen LogP contribution in [0.1, 0.15) is 5.56 Å². The van der Waals surface area contributed by atoms with E-state index in [0.29, 0.717) is 27.2 Å². The maximum Gasteiger partial charge on any atom is 0.262 e. The van der Waals surface area contributed by atoms with Crippen LogP contribution < -0.4 is 14.8 Å². The molecule has 1 amide bonds. The quantitative estimate of drug-likeness (QED) is 0.881. The number of hydrogen-bond donors (Lipinski definition) is 1. The van der Waals surface area contributed by atoms with Crippen molar-refractivity contribution in [3.8, 4) is 11.5 Å². The molecule has 0 fully saturated rings. The minimum atomic E-state index is -0.296. The molecule has 0 aliphatic carbocycles. The van der Waals surface area contributed by atoms with Crippen molar-refractivity contribution in [1.29, 1.82) is 0 Å². The van der Waals surface area contributed by atoms with E-state index in [1.54, 1.807) is 31.4 Å². The fourth-order valence-electron chi connectivity index (χ4n) is 1.82. The van der Waals surface area contributed by atoms with E-state index in [1.807, 2.05) is 19.1 Å². The third kappa shape index (κ3) is 4.29. The second-order valence-corrected chi connectivity index (χ2v) is 5.43. The monoisotopic (exact) mass is 339 g/mol. The van der Waals surface area contributed by atoms with Gasteiger partial charge in [0.2, 0.25) is 0 Å². The highest BCUT2D eigenvalue weighted by Gasteiger charge is 2.09. The summed E-state index contributed by atoms with van der Waals surface area (Å²) in [6.07, 6.45) is 0. The Labute approximate surface area is 138 Å². The van der Waals surface area contributed by atoms with Crippen molar-refractivity contribution in [2.45, 2.75) is 6.92 Å². The first kappa shape index (κ1) is 16.5. The van der Waals surface area contributed by atoms with E-state index in [1.165, 1.54) is 0 Å². The average molecular weight is 340 g/mol. The van der Waals surface area contributed by atoms with Crippen LogP contribution in [0.2, 0.25) is 10.0 Å². The molecule has 0 saturated carbocycles. The van der Waals surface area contributed by atoms with Crippen LogP contribution in [0.4, 0.5) is 5.69 Å². The molecule has 2 aromatic carbocycles. The van der Waals surface area contributed by atoms with E-state index >= 15 is 0 Å². The van der Waals surface area contributed by atoms with Crippen molar-refractivity contribution < 1.29 is 14.3 Å². The molecule has 0 unspecified atom stereocenters. The minimum Gasteiger partial charge on any atom is -0.495 e. The number of nitrogens with one attached hydrogen (secondary N) is 1. The summed E-state index contributed by atoms with van der Waals surface area (Å²) < 4.78 is 10.6. The van der Waals surface area contributed by atoms with Crippen molar-refractivity contribution >= 4 is 34.8 Å². The third-order valence-corrected chi connectivity index (χ3v) is 3.63. The smallest absolute Gasteiger partial charge is 0.262 e. The molecule has 6 heteroatoms. The van der Waals surface area contributed by atoms with Crippen LogP contribution >= 0.6 is 23.2 Å². The molecule has 2 rings (SSSR count). The van der Waals surface area contributed by atoms with Crippen LogP contribution in [-0.2, 0) is 4.79 Å². The molecule has 4 nitrogen and oxygen atoms in total. The Kier molecular flexibility index (Phi) is 5.52. The summed E-state index contributed by atoms with van der Waals surface area (Å²) in [7, 11) is 1.55. The second-order valence-electron chi connectivity index (χ2n) is 4.62. The summed E-state index contributed by atoms with van der Waals surface area (Å²) >= 11 is 11.7. The summed E-state index contributed by atoms with van der Waals surface area (Å²) in [5.41, 5.74) is 1.62. The topological polar surface area (TPSA) is 47.6 Å². The van der Waals surface area contributed by atoms with Gasteiger partial charge in [0.05, 0.1) is 22.8 Å². The number of anilines is 1. The highest BCUT2D eigenvalue weighted by Crippen LogP contribution is 2.27. The fourth-order valence-corrected chi connectivity index (χ4v) is 2.11. The van der Waals surface area contributed by atoms with Gasteiger partial charge in [0.1, 0.15) is 11.5 Å². The summed E-state index contributed by atoms with van der Waals surface area (Å²) in [6, 6.07) is 10.3. The van der Waals surface area contributed by atoms with Gasteiger partial charge in [-0.25, -0.2) is 0 Å². The molecular formula is C16H15Cl2NO3. The molecule has 0 aromatic heterocycles. The van der Waals surface area contributed by atoms with Gasteiger partial charge >= 0.3 is 0 Å². The minimum absolute atomic E-state index is 0.144. The molecule has 0 saturated heterocycles. The number of rotatable bonds is 5. The van der Waals surface area contributed by atoms with E-state index in [0.717, 1.165) is 5.56 Å². The Balaban J connectivity index is 1.98. The van der Waals surface area contributed by atoms with Gasteiger partial charge in [-0.3, -0.25) is 4.79 Å². The maximum atomic E-state index is 12.0. The predicted molar refractivity (Wildman–Crippen MR) is 88.3 cm³/mol. The van der Waals surface area contributed by atoms with Gasteiger partial charge < -0.3 is 14.8 Å². The van der Waals surface area contributed by atoms with Crippen LogP contribution in [0.3, 0.4) is 0 Å². The molecule has 0 aliphatic rings. The van der Waals surface area contributed by atoms with Gasteiger partial charge in [-0.1, -0.05) is 29.3 Å². The largest absolute Gasteiger partial charge is 0.495 e. The van der Waals surface area contributed by atoms with E-state index in [9.17, 15) is 4.79 Å². The van der Waals surface area contributed by atoms with Crippen molar-refractivity contribution in [2.24, 2.45) is 0 Å².